The van der Waals surface area contributed by atoms with Gasteiger partial charge in [0.05, 0.1) is 24.4 Å². The number of carbonyl (C=O) groups excluding carboxylic acids is 2. The third-order valence-corrected chi connectivity index (χ3v) is 7.84. The van der Waals surface area contributed by atoms with Crippen molar-refractivity contribution in [2.75, 3.05) is 20.2 Å². The zero-order valence-electron chi connectivity index (χ0n) is 22.7. The topological polar surface area (TPSA) is 102 Å². The Balaban J connectivity index is 1.21. The number of aromatic nitrogens is 4. The number of rotatable bonds is 8. The molecule has 2 aromatic carbocycles. The first-order chi connectivity index (χ1) is 20.0. The molecule has 1 N–H and O–H groups in total. The van der Waals surface area contributed by atoms with Crippen LogP contribution in [0.1, 0.15) is 46.9 Å². The summed E-state index contributed by atoms with van der Waals surface area (Å²) in [6, 6.07) is 18.2. The van der Waals surface area contributed by atoms with Gasteiger partial charge in [-0.2, -0.15) is 5.10 Å². The quantitative estimate of drug-likeness (QED) is 0.327. The molecule has 10 heteroatoms. The van der Waals surface area contributed by atoms with Crippen molar-refractivity contribution in [3.05, 3.63) is 95.8 Å². The van der Waals surface area contributed by atoms with Crippen molar-refractivity contribution in [3.63, 3.8) is 0 Å². The van der Waals surface area contributed by atoms with Crippen molar-refractivity contribution in [1.29, 1.82) is 0 Å². The predicted molar refractivity (Wildman–Crippen MR) is 150 cm³/mol. The molecule has 1 saturated carbocycles. The van der Waals surface area contributed by atoms with E-state index in [1.165, 1.54) is 19.2 Å². The highest BCUT2D eigenvalue weighted by molar-refractivity contribution is 5.93. The van der Waals surface area contributed by atoms with E-state index in [1.807, 2.05) is 48.7 Å². The van der Waals surface area contributed by atoms with E-state index in [9.17, 15) is 14.0 Å². The van der Waals surface area contributed by atoms with Gasteiger partial charge in [0.2, 0.25) is 0 Å². The molecule has 9 nitrogen and oxygen atoms in total. The number of methoxy groups -OCH3 is 1. The van der Waals surface area contributed by atoms with Crippen molar-refractivity contribution < 1.29 is 18.7 Å². The summed E-state index contributed by atoms with van der Waals surface area (Å²) in [4.78, 5) is 36.7. The van der Waals surface area contributed by atoms with E-state index in [1.54, 1.807) is 21.8 Å². The number of esters is 1. The smallest absolute Gasteiger partial charge is 0.308 e. The van der Waals surface area contributed by atoms with Gasteiger partial charge in [-0.1, -0.05) is 12.1 Å². The Morgan fingerprint density at radius 3 is 2.49 bits per heavy atom. The highest BCUT2D eigenvalue weighted by Crippen LogP contribution is 2.41. The maximum Gasteiger partial charge on any atom is 0.308 e. The fraction of sp³-hybridized carbons (Fsp3) is 0.323. The fourth-order valence-corrected chi connectivity index (χ4v) is 5.39. The number of hydrogen-bond donors (Lipinski definition) is 1. The molecule has 4 aromatic rings. The first-order valence-electron chi connectivity index (χ1n) is 13.8. The molecular weight excluding hydrogens is 523 g/mol. The van der Waals surface area contributed by atoms with Crippen molar-refractivity contribution in [2.24, 2.45) is 5.92 Å². The summed E-state index contributed by atoms with van der Waals surface area (Å²) >= 11 is 0. The Morgan fingerprint density at radius 2 is 1.80 bits per heavy atom. The maximum absolute atomic E-state index is 13.6. The first kappa shape index (κ1) is 26.8. The number of carbonyl (C=O) groups is 2. The monoisotopic (exact) mass is 554 g/mol. The van der Waals surface area contributed by atoms with Crippen molar-refractivity contribution in [3.8, 4) is 17.1 Å². The molecule has 1 aliphatic heterocycles. The van der Waals surface area contributed by atoms with Gasteiger partial charge in [0, 0.05) is 49.6 Å². The van der Waals surface area contributed by atoms with Gasteiger partial charge in [-0.3, -0.25) is 9.59 Å². The number of ether oxygens (including phenoxy) is 1. The van der Waals surface area contributed by atoms with E-state index < -0.39 is 0 Å². The van der Waals surface area contributed by atoms with Gasteiger partial charge in [-0.15, -0.1) is 0 Å². The number of halogens is 1. The maximum atomic E-state index is 13.6. The number of amides is 1. The molecular formula is C31H31FN6O3. The molecule has 3 heterocycles. The largest absolute Gasteiger partial charge is 0.469 e. The first-order valence-corrected chi connectivity index (χ1v) is 13.8. The van der Waals surface area contributed by atoms with Crippen LogP contribution in [-0.2, 0) is 16.1 Å². The summed E-state index contributed by atoms with van der Waals surface area (Å²) < 4.78 is 20.0. The molecule has 0 radical (unpaired) electrons. The molecule has 2 aliphatic rings. The van der Waals surface area contributed by atoms with Crippen LogP contribution in [0.25, 0.3) is 17.1 Å². The zero-order chi connectivity index (χ0) is 28.3. The lowest BCUT2D eigenvalue weighted by Gasteiger charge is -2.30. The molecule has 2 aromatic heterocycles. The Labute approximate surface area is 237 Å². The minimum Gasteiger partial charge on any atom is -0.469 e. The van der Waals surface area contributed by atoms with Gasteiger partial charge in [0.15, 0.2) is 5.82 Å². The summed E-state index contributed by atoms with van der Waals surface area (Å²) in [5, 5.41) is 7.81. The molecule has 210 valence electrons. The molecule has 1 aliphatic carbocycles. The molecule has 1 amide bonds. The van der Waals surface area contributed by atoms with Crippen molar-refractivity contribution >= 4 is 11.9 Å². The average molecular weight is 555 g/mol. The number of likely N-dealkylation sites (tertiary alicyclic amines) is 1. The Hall–Kier alpha value is -4.44. The molecule has 0 bridgehead atoms. The minimum absolute atomic E-state index is 0.179. The predicted octanol–water partition coefficient (Wildman–Crippen LogP) is 4.14. The summed E-state index contributed by atoms with van der Waals surface area (Å²) in [5.74, 6) is -0.0456. The van der Waals surface area contributed by atoms with Crippen LogP contribution in [0, 0.1) is 11.7 Å². The number of piperidine rings is 1. The summed E-state index contributed by atoms with van der Waals surface area (Å²) in [6.45, 7) is 1.39. The average Bonchev–Trinajstić information content (AvgIpc) is 3.58. The third kappa shape index (κ3) is 6.02. The van der Waals surface area contributed by atoms with Gasteiger partial charge < -0.3 is 15.0 Å². The second-order valence-corrected chi connectivity index (χ2v) is 10.5. The van der Waals surface area contributed by atoms with Crippen LogP contribution in [0.5, 0.6) is 0 Å². The van der Waals surface area contributed by atoms with Gasteiger partial charge in [-0.25, -0.2) is 19.0 Å². The molecule has 2 atom stereocenters. The second kappa shape index (κ2) is 11.6. The van der Waals surface area contributed by atoms with Gasteiger partial charge >= 0.3 is 5.97 Å². The van der Waals surface area contributed by atoms with Crippen LogP contribution < -0.4 is 5.32 Å². The third-order valence-electron chi connectivity index (χ3n) is 7.84. The van der Waals surface area contributed by atoms with Gasteiger partial charge in [0.25, 0.3) is 5.91 Å². The molecule has 0 spiro atoms. The molecule has 1 saturated heterocycles. The van der Waals surface area contributed by atoms with E-state index in [2.05, 4.69) is 15.4 Å². The number of nitrogens with zero attached hydrogens (tertiary/aromatic N) is 5. The number of benzene rings is 2. The fourth-order valence-electron chi connectivity index (χ4n) is 5.39. The summed E-state index contributed by atoms with van der Waals surface area (Å²) in [6.07, 6.45) is 5.67. The number of hydrogen-bond acceptors (Lipinski definition) is 7. The van der Waals surface area contributed by atoms with E-state index >= 15 is 0 Å². The van der Waals surface area contributed by atoms with E-state index in [0.717, 1.165) is 23.2 Å². The molecule has 6 rings (SSSR count). The minimum atomic E-state index is -0.239. The second-order valence-electron chi connectivity index (χ2n) is 10.5. The van der Waals surface area contributed by atoms with Crippen LogP contribution in [0.3, 0.4) is 0 Å². The summed E-state index contributed by atoms with van der Waals surface area (Å²) in [5.41, 5.74) is 3.84. The lowest BCUT2D eigenvalue weighted by Crippen LogP contribution is -2.41. The van der Waals surface area contributed by atoms with Crippen LogP contribution >= 0.6 is 0 Å². The van der Waals surface area contributed by atoms with E-state index in [-0.39, 0.29) is 29.7 Å². The van der Waals surface area contributed by atoms with E-state index in [4.69, 9.17) is 9.72 Å². The SMILES string of the molecule is COC(=O)C1CCN(C(=O)c2cc(CN[C@@H]3C[C@H]3c3ccc(F)cc3)nc(-c3ccc(-n4cccn4)cc3)n2)CC1. The van der Waals surface area contributed by atoms with Crippen LogP contribution in [0.15, 0.2) is 73.1 Å². The lowest BCUT2D eigenvalue weighted by atomic mass is 9.97. The van der Waals surface area contributed by atoms with Crippen LogP contribution in [-0.4, -0.2) is 62.8 Å². The van der Waals surface area contributed by atoms with Crippen LogP contribution in [0.2, 0.25) is 0 Å². The van der Waals surface area contributed by atoms with E-state index in [0.29, 0.717) is 55.6 Å². The highest BCUT2D eigenvalue weighted by Gasteiger charge is 2.38. The normalized spacial score (nSPS) is 18.7. The van der Waals surface area contributed by atoms with Gasteiger partial charge in [-0.05, 0) is 73.4 Å². The van der Waals surface area contributed by atoms with Gasteiger partial charge in [0.1, 0.15) is 11.5 Å². The highest BCUT2D eigenvalue weighted by atomic mass is 19.1. The Bertz CT molecular complexity index is 1520. The molecule has 2 fully saturated rings. The molecule has 41 heavy (non-hydrogen) atoms. The van der Waals surface area contributed by atoms with Crippen molar-refractivity contribution in [1.82, 2.24) is 30.0 Å². The van der Waals surface area contributed by atoms with Crippen molar-refractivity contribution in [2.45, 2.75) is 37.8 Å². The number of nitrogens with one attached hydrogen (secondary N) is 1. The standard InChI is InChI=1S/C31H31FN6O3/c1-41-31(40)22-11-15-37(16-12-22)30(39)28-17-24(19-33-27-18-26(27)20-3-7-23(32)8-4-20)35-29(36-28)21-5-9-25(10-6-21)38-14-2-13-34-38/h2-10,13-14,17,22,26-27,33H,11-12,15-16,18-19H2,1H3/t26-,27+/m0/s1. The molecule has 0 unspecified atom stereocenters. The van der Waals surface area contributed by atoms with Crippen LogP contribution in [0.4, 0.5) is 4.39 Å². The summed E-state index contributed by atoms with van der Waals surface area (Å²) in [7, 11) is 1.39. The Kier molecular flexibility index (Phi) is 7.56. The zero-order valence-corrected chi connectivity index (χ0v) is 22.7. The Morgan fingerprint density at radius 1 is 1.05 bits per heavy atom. The lowest BCUT2D eigenvalue weighted by molar-refractivity contribution is -0.146.